The van der Waals surface area contributed by atoms with E-state index in [1.165, 1.54) is 11.6 Å². The molecule has 5 N–H and O–H groups in total. The molecule has 0 bridgehead atoms. The maximum absolute atomic E-state index is 12.0. The maximum atomic E-state index is 12.0. The highest BCUT2D eigenvalue weighted by atomic mass is 79.9. The highest BCUT2D eigenvalue weighted by molar-refractivity contribution is 9.11. The Hall–Kier alpha value is -3.38. The number of sulfonamides is 3. The summed E-state index contributed by atoms with van der Waals surface area (Å²) in [6.45, 7) is 16.7. The first-order valence-corrected chi connectivity index (χ1v) is 36.7. The van der Waals surface area contributed by atoms with Crippen molar-refractivity contribution in [2.45, 2.75) is 51.9 Å². The molecule has 29 heteroatoms. The van der Waals surface area contributed by atoms with Gasteiger partial charge in [0, 0.05) is 73.0 Å². The van der Waals surface area contributed by atoms with Gasteiger partial charge in [0.15, 0.2) is 0 Å². The van der Waals surface area contributed by atoms with Gasteiger partial charge in [0.25, 0.3) is 9.05 Å². The normalized spacial score (nSPS) is 12.4. The lowest BCUT2D eigenvalue weighted by Gasteiger charge is -2.12. The highest BCUT2D eigenvalue weighted by Gasteiger charge is 2.14. The van der Waals surface area contributed by atoms with Gasteiger partial charge >= 0.3 is 0 Å². The van der Waals surface area contributed by atoms with Gasteiger partial charge in [0.05, 0.1) is 16.8 Å². The Labute approximate surface area is 534 Å². The van der Waals surface area contributed by atoms with Crippen molar-refractivity contribution in [3.8, 4) is 0 Å². The van der Waals surface area contributed by atoms with E-state index in [9.17, 15) is 42.1 Å². The Kier molecular flexibility index (Phi) is 43.4. The van der Waals surface area contributed by atoms with Crippen molar-refractivity contribution in [2.75, 3.05) is 17.0 Å². The summed E-state index contributed by atoms with van der Waals surface area (Å²) in [6.07, 6.45) is 1.46. The van der Waals surface area contributed by atoms with E-state index in [0.717, 1.165) is 42.1 Å². The topological polar surface area (TPSA) is 259 Å². The van der Waals surface area contributed by atoms with E-state index in [4.69, 9.17) is 51.2 Å². The zero-order chi connectivity index (χ0) is 63.0. The predicted octanol–water partition coefficient (Wildman–Crippen LogP) is 14.3. The van der Waals surface area contributed by atoms with Crippen LogP contribution in [-0.2, 0) is 48.2 Å². The zero-order valence-electron chi connectivity index (χ0n) is 44.6. The van der Waals surface area contributed by atoms with Crippen molar-refractivity contribution in [3.63, 3.8) is 0 Å². The Morgan fingerprint density at radius 3 is 0.988 bits per heavy atom. The molecule has 0 saturated carbocycles. The summed E-state index contributed by atoms with van der Waals surface area (Å²) in [4.78, 5) is 8.16. The molecule has 4 aromatic carbocycles. The van der Waals surface area contributed by atoms with Gasteiger partial charge < -0.3 is 5.73 Å². The Morgan fingerprint density at radius 2 is 0.768 bits per heavy atom. The number of rotatable bonds is 17. The minimum absolute atomic E-state index is 0.0613. The molecule has 0 aliphatic rings. The number of alkyl halides is 3. The standard InChI is InChI=1S/C15H15BrN2O2S.2C10H13NO2S.C8H11N.C5H3Br2N.C2H4Cl2O2S.C2H3ClO2S.CH2Cl2/c1-12(13-6-3-2-4-7-13)18-21(19,20)11-10-14-8-5-9-15(16)17-14;2*1-3-14(12,13)11-9(2)10-7-5-4-6-8-10;1-7(9)8-5-3-2-4-6-8;6-4-2-1-3-5(7)8-4;3-1-2-7(4,5)6;1-2-6(3,4)5;2-1-3/h2-12,18H,1H3;2*3-9,11H,1H2,2H3;2-7H,9H2,1H3;1-3H;1-2H2;2H,1H2;1H2/b11-10+;;;;;;;/t12-;2*9-;7-;;;;/m1110..../s1. The highest BCUT2D eigenvalue weighted by Crippen LogP contribution is 2.16. The largest absolute Gasteiger partial charge is 0.324 e. The monoisotopic (exact) mass is 1520 g/mol. The van der Waals surface area contributed by atoms with E-state index in [1.807, 2.05) is 146 Å². The molecule has 2 aromatic heterocycles. The molecule has 0 aliphatic heterocycles. The van der Waals surface area contributed by atoms with Gasteiger partial charge in [-0.15, -0.1) is 34.8 Å². The van der Waals surface area contributed by atoms with Crippen LogP contribution in [0, 0.1) is 0 Å². The van der Waals surface area contributed by atoms with Crippen LogP contribution < -0.4 is 19.9 Å². The molecule has 2 heterocycles. The fourth-order valence-corrected chi connectivity index (χ4v) is 10.2. The number of hydrogen-bond donors (Lipinski definition) is 4. The molecule has 452 valence electrons. The Bertz CT molecular complexity index is 3270. The number of aromatic nitrogens is 2. The third-order valence-electron chi connectivity index (χ3n) is 9.04. The summed E-state index contributed by atoms with van der Waals surface area (Å²) in [5.41, 5.74) is 10.1. The molecule has 0 fully saturated rings. The molecule has 16 nitrogen and oxygen atoms in total. The minimum atomic E-state index is -3.53. The van der Waals surface area contributed by atoms with E-state index in [1.54, 1.807) is 39.0 Å². The second-order valence-corrected chi connectivity index (χ2v) is 29.6. The third-order valence-corrected chi connectivity index (χ3v) is 16.1. The van der Waals surface area contributed by atoms with Crippen LogP contribution in [0.25, 0.3) is 6.08 Å². The van der Waals surface area contributed by atoms with Gasteiger partial charge in [0.1, 0.15) is 13.8 Å². The molecule has 0 spiro atoms. The van der Waals surface area contributed by atoms with Crippen LogP contribution in [0.5, 0.6) is 0 Å². The molecule has 4 atom stereocenters. The third kappa shape index (κ3) is 45.0. The predicted molar refractivity (Wildman–Crippen MR) is 353 cm³/mol. The number of benzene rings is 4. The summed E-state index contributed by atoms with van der Waals surface area (Å²) in [5, 5.41) is 3.81. The molecular weight excluding hydrogens is 1460 g/mol. The summed E-state index contributed by atoms with van der Waals surface area (Å²) >= 11 is 24.2. The molecule has 6 aromatic rings. The second kappa shape index (κ2) is 44.1. The summed E-state index contributed by atoms with van der Waals surface area (Å²) in [5.74, 6) is -0.0953. The van der Waals surface area contributed by atoms with E-state index < -0.39 is 48.2 Å². The van der Waals surface area contributed by atoms with Gasteiger partial charge in [-0.05, 0) is 128 Å². The van der Waals surface area contributed by atoms with Gasteiger partial charge in [-0.3, -0.25) is 0 Å². The van der Waals surface area contributed by atoms with Gasteiger partial charge in [-0.2, -0.15) is 0 Å². The van der Waals surface area contributed by atoms with Gasteiger partial charge in [0.2, 0.25) is 39.1 Å². The Balaban J connectivity index is 0. The van der Waals surface area contributed by atoms with E-state index >= 15 is 0 Å². The van der Waals surface area contributed by atoms with Crippen molar-refractivity contribution < 1.29 is 42.1 Å². The summed E-state index contributed by atoms with van der Waals surface area (Å²) in [7, 11) is -7.70. The number of halogens is 8. The number of nitrogens with two attached hydrogens (primary N) is 1. The van der Waals surface area contributed by atoms with Crippen molar-refractivity contribution in [1.29, 1.82) is 0 Å². The molecule has 0 unspecified atom stereocenters. The van der Waals surface area contributed by atoms with Gasteiger partial charge in [-0.25, -0.2) is 66.2 Å². The van der Waals surface area contributed by atoms with Crippen molar-refractivity contribution in [2.24, 2.45) is 5.73 Å². The molecule has 0 saturated heterocycles. The maximum Gasteiger partial charge on any atom is 0.253 e. The lowest BCUT2D eigenvalue weighted by molar-refractivity contribution is 0.574. The number of nitrogens with zero attached hydrogens (tertiary/aromatic N) is 2. The van der Waals surface area contributed by atoms with Gasteiger partial charge in [-0.1, -0.05) is 153 Å². The first-order chi connectivity index (χ1) is 38.2. The number of hydrogen-bond acceptors (Lipinski definition) is 13. The average molecular weight is 1520 g/mol. The first kappa shape index (κ1) is 80.7. The number of nitrogens with one attached hydrogen (secondary N) is 3. The second-order valence-electron chi connectivity index (χ2n) is 15.6. The average Bonchev–Trinajstić information content (AvgIpc) is 3.46. The lowest BCUT2D eigenvalue weighted by atomic mass is 10.1. The molecule has 6 rings (SSSR count). The molecule has 0 radical (unpaired) electrons. The van der Waals surface area contributed by atoms with Crippen LogP contribution in [0.1, 0.15) is 79.8 Å². The SMILES string of the molecule is Brc1cccc(Br)n1.C=CS(=O)(=O)Cl.C=CS(=O)(=O)N[C@H](C)c1ccccc1.C=CS(=O)(=O)N[C@H](C)c1ccccc1.C[C@@H](NS(=O)(=O)/C=C/c1cccc(Br)n1)c1ccccc1.C[C@H](N)c1ccccc1.ClCCl.O=S(=O)(Cl)CCCl. The minimum Gasteiger partial charge on any atom is -0.324 e. The molecule has 0 aliphatic carbocycles. The number of pyridine rings is 2. The van der Waals surface area contributed by atoms with Crippen molar-refractivity contribution in [1.82, 2.24) is 24.1 Å². The van der Waals surface area contributed by atoms with Crippen LogP contribution in [0.15, 0.2) is 213 Å². The zero-order valence-corrected chi connectivity index (χ0v) is 57.2. The lowest BCUT2D eigenvalue weighted by Crippen LogP contribution is -2.24. The van der Waals surface area contributed by atoms with Crippen LogP contribution in [-0.4, -0.2) is 69.0 Å². The van der Waals surface area contributed by atoms with Crippen LogP contribution in [0.3, 0.4) is 0 Å². The fourth-order valence-electron chi connectivity index (χ4n) is 5.21. The van der Waals surface area contributed by atoms with E-state index in [2.05, 4.69) is 102 Å². The molecule has 0 amide bonds. The summed E-state index contributed by atoms with van der Waals surface area (Å²) < 4.78 is 118. The Morgan fingerprint density at radius 1 is 0.476 bits per heavy atom. The van der Waals surface area contributed by atoms with E-state index in [0.29, 0.717) is 15.7 Å². The van der Waals surface area contributed by atoms with Crippen LogP contribution >= 0.6 is 104 Å². The fraction of sp³-hybridized carbons (Fsp3) is 0.208. The van der Waals surface area contributed by atoms with Crippen LogP contribution in [0.4, 0.5) is 0 Å². The van der Waals surface area contributed by atoms with E-state index in [-0.39, 0.29) is 41.1 Å². The first-order valence-electron chi connectivity index (χ1n) is 23.2. The quantitative estimate of drug-likeness (QED) is 0.0377. The molecule has 82 heavy (non-hydrogen) atoms. The summed E-state index contributed by atoms with van der Waals surface area (Å²) in [6, 6.07) is 48.6. The van der Waals surface area contributed by atoms with Crippen LogP contribution in [0.2, 0.25) is 0 Å². The van der Waals surface area contributed by atoms with Crippen molar-refractivity contribution in [3.05, 3.63) is 241 Å². The van der Waals surface area contributed by atoms with Crippen molar-refractivity contribution >= 4 is 158 Å². The smallest absolute Gasteiger partial charge is 0.253 e. The molecular formula is C53H64Br3Cl5N6O10S5.